The Morgan fingerprint density at radius 1 is 1.15 bits per heavy atom. The summed E-state index contributed by atoms with van der Waals surface area (Å²) >= 11 is 0. The molecule has 1 saturated heterocycles. The zero-order valence-electron chi connectivity index (χ0n) is 16.0. The first-order valence-electron chi connectivity index (χ1n) is 10.3. The molecule has 1 atom stereocenters. The van der Waals surface area contributed by atoms with E-state index in [0.717, 1.165) is 54.5 Å². The maximum Gasteiger partial charge on any atom is 0.137 e. The normalized spacial score (nSPS) is 25.3. The van der Waals surface area contributed by atoms with Crippen molar-refractivity contribution in [1.29, 1.82) is 0 Å². The highest BCUT2D eigenvalue weighted by atomic mass is 16.3. The Morgan fingerprint density at radius 3 is 2.78 bits per heavy atom. The van der Waals surface area contributed by atoms with E-state index >= 15 is 0 Å². The molecule has 2 N–H and O–H groups in total. The van der Waals surface area contributed by atoms with Crippen molar-refractivity contribution >= 4 is 5.82 Å². The van der Waals surface area contributed by atoms with E-state index in [1.807, 2.05) is 12.1 Å². The number of benzene rings is 1. The predicted octanol–water partition coefficient (Wildman–Crippen LogP) is 3.14. The maximum absolute atomic E-state index is 11.4. The van der Waals surface area contributed by atoms with E-state index in [4.69, 9.17) is 9.97 Å². The fourth-order valence-corrected chi connectivity index (χ4v) is 5.09. The van der Waals surface area contributed by atoms with Gasteiger partial charge < -0.3 is 15.3 Å². The first-order chi connectivity index (χ1) is 13.1. The lowest BCUT2D eigenvalue weighted by Gasteiger charge is -2.27. The third-order valence-corrected chi connectivity index (χ3v) is 6.60. The lowest BCUT2D eigenvalue weighted by molar-refractivity contribution is 0.0600. The van der Waals surface area contributed by atoms with Crippen LogP contribution >= 0.6 is 0 Å². The number of rotatable bonds is 3. The van der Waals surface area contributed by atoms with Gasteiger partial charge in [-0.05, 0) is 37.3 Å². The number of aliphatic hydroxyl groups is 1. The van der Waals surface area contributed by atoms with Gasteiger partial charge in [0.05, 0.1) is 12.2 Å². The number of β-amino-alcohol motifs (C(OH)–C–C–N with tert-alkyl or cyclic N) is 1. The molecule has 5 rings (SSSR count). The second-order valence-electron chi connectivity index (χ2n) is 8.43. The van der Waals surface area contributed by atoms with E-state index in [9.17, 15) is 5.11 Å². The third kappa shape index (κ3) is 2.93. The van der Waals surface area contributed by atoms with Crippen LogP contribution in [0.3, 0.4) is 0 Å². The van der Waals surface area contributed by atoms with E-state index in [0.29, 0.717) is 12.5 Å². The van der Waals surface area contributed by atoms with Gasteiger partial charge in [-0.1, -0.05) is 37.1 Å². The molecule has 2 aliphatic heterocycles. The molecule has 1 saturated carbocycles. The van der Waals surface area contributed by atoms with Crippen LogP contribution < -0.4 is 10.2 Å². The van der Waals surface area contributed by atoms with E-state index < -0.39 is 5.60 Å². The quantitative estimate of drug-likeness (QED) is 0.876. The van der Waals surface area contributed by atoms with Gasteiger partial charge in [-0.3, -0.25) is 0 Å². The standard InChI is InChI=1S/C22H28N4O/c1-15-6-2-5-9-18(15)22(27)10-11-26(14-22)21-17-12-23-13-19(17)24-20(25-21)16-7-3-4-8-16/h2,5-6,9,16,23,27H,3-4,7-8,10-14H2,1H3. The number of nitrogens with zero attached hydrogens (tertiary/aromatic N) is 3. The number of nitrogens with one attached hydrogen (secondary N) is 1. The summed E-state index contributed by atoms with van der Waals surface area (Å²) in [4.78, 5) is 12.3. The monoisotopic (exact) mass is 364 g/mol. The SMILES string of the molecule is Cc1ccccc1C1(O)CCN(c2nc(C3CCCC3)nc3c2CNC3)C1. The molecule has 27 heavy (non-hydrogen) atoms. The van der Waals surface area contributed by atoms with Gasteiger partial charge >= 0.3 is 0 Å². The molecule has 3 heterocycles. The van der Waals surface area contributed by atoms with Gasteiger partial charge in [-0.15, -0.1) is 0 Å². The smallest absolute Gasteiger partial charge is 0.137 e. The highest BCUT2D eigenvalue weighted by Crippen LogP contribution is 2.39. The van der Waals surface area contributed by atoms with Gasteiger partial charge in [0.25, 0.3) is 0 Å². The number of hydrogen-bond acceptors (Lipinski definition) is 5. The largest absolute Gasteiger partial charge is 0.383 e. The summed E-state index contributed by atoms with van der Waals surface area (Å²) in [5.74, 6) is 2.58. The van der Waals surface area contributed by atoms with Crippen LogP contribution in [0.4, 0.5) is 5.82 Å². The zero-order chi connectivity index (χ0) is 18.4. The molecule has 1 aliphatic carbocycles. The number of hydrogen-bond donors (Lipinski definition) is 2. The van der Waals surface area contributed by atoms with Crippen LogP contribution in [0.15, 0.2) is 24.3 Å². The van der Waals surface area contributed by atoms with Gasteiger partial charge in [-0.25, -0.2) is 9.97 Å². The number of aromatic nitrogens is 2. The van der Waals surface area contributed by atoms with Crippen molar-refractivity contribution in [3.8, 4) is 0 Å². The van der Waals surface area contributed by atoms with Gasteiger partial charge in [0.2, 0.25) is 0 Å². The molecule has 3 aliphatic rings. The van der Waals surface area contributed by atoms with Crippen molar-refractivity contribution in [1.82, 2.24) is 15.3 Å². The second kappa shape index (κ2) is 6.57. The first kappa shape index (κ1) is 17.1. The topological polar surface area (TPSA) is 61.3 Å². The summed E-state index contributed by atoms with van der Waals surface area (Å²) in [6.45, 7) is 5.18. The number of anilines is 1. The summed E-state index contributed by atoms with van der Waals surface area (Å²) in [6, 6.07) is 8.20. The molecule has 1 aromatic carbocycles. The highest BCUT2D eigenvalue weighted by Gasteiger charge is 2.40. The summed E-state index contributed by atoms with van der Waals surface area (Å²) in [7, 11) is 0. The fourth-order valence-electron chi connectivity index (χ4n) is 5.09. The molecule has 2 fully saturated rings. The summed E-state index contributed by atoms with van der Waals surface area (Å²) in [5, 5.41) is 14.8. The van der Waals surface area contributed by atoms with Crippen molar-refractivity contribution in [3.05, 3.63) is 52.5 Å². The van der Waals surface area contributed by atoms with Crippen molar-refractivity contribution in [2.75, 3.05) is 18.0 Å². The Hall–Kier alpha value is -1.98. The lowest BCUT2D eigenvalue weighted by Crippen LogP contribution is -2.32. The first-order valence-corrected chi connectivity index (χ1v) is 10.3. The number of fused-ring (bicyclic) bond motifs is 1. The van der Waals surface area contributed by atoms with Crippen LogP contribution in [-0.2, 0) is 18.7 Å². The van der Waals surface area contributed by atoms with E-state index in [1.54, 1.807) is 0 Å². The molecule has 1 unspecified atom stereocenters. The van der Waals surface area contributed by atoms with Gasteiger partial charge in [0, 0.05) is 31.1 Å². The van der Waals surface area contributed by atoms with E-state index in [2.05, 4.69) is 29.3 Å². The Morgan fingerprint density at radius 2 is 1.96 bits per heavy atom. The minimum absolute atomic E-state index is 0.507. The molecule has 5 nitrogen and oxygen atoms in total. The van der Waals surface area contributed by atoms with Crippen LogP contribution in [0.1, 0.15) is 66.2 Å². The van der Waals surface area contributed by atoms with E-state index in [1.165, 1.54) is 31.2 Å². The second-order valence-corrected chi connectivity index (χ2v) is 8.43. The van der Waals surface area contributed by atoms with Crippen LogP contribution in [-0.4, -0.2) is 28.2 Å². The average molecular weight is 364 g/mol. The molecule has 0 radical (unpaired) electrons. The van der Waals surface area contributed by atoms with Crippen LogP contribution in [0.2, 0.25) is 0 Å². The van der Waals surface area contributed by atoms with Crippen molar-refractivity contribution in [3.63, 3.8) is 0 Å². The molecular weight excluding hydrogens is 336 g/mol. The van der Waals surface area contributed by atoms with Crippen molar-refractivity contribution < 1.29 is 5.11 Å². The van der Waals surface area contributed by atoms with Crippen LogP contribution in [0.25, 0.3) is 0 Å². The Labute approximate surface area is 160 Å². The van der Waals surface area contributed by atoms with Crippen molar-refractivity contribution in [2.45, 2.75) is 63.6 Å². The maximum atomic E-state index is 11.4. The molecule has 0 bridgehead atoms. The van der Waals surface area contributed by atoms with Gasteiger partial charge in [0.1, 0.15) is 17.2 Å². The fraction of sp³-hybridized carbons (Fsp3) is 0.545. The molecule has 0 amide bonds. The third-order valence-electron chi connectivity index (χ3n) is 6.60. The Balaban J connectivity index is 1.49. The number of aryl methyl sites for hydroxylation is 1. The molecule has 0 spiro atoms. The molecule has 142 valence electrons. The van der Waals surface area contributed by atoms with Gasteiger partial charge in [0.15, 0.2) is 0 Å². The van der Waals surface area contributed by atoms with Crippen molar-refractivity contribution in [2.24, 2.45) is 0 Å². The minimum Gasteiger partial charge on any atom is -0.383 e. The summed E-state index contributed by atoms with van der Waals surface area (Å²) < 4.78 is 0. The average Bonchev–Trinajstić information content (AvgIpc) is 3.42. The summed E-state index contributed by atoms with van der Waals surface area (Å²) in [6.07, 6.45) is 5.73. The molecule has 1 aromatic heterocycles. The molecule has 5 heteroatoms. The van der Waals surface area contributed by atoms with E-state index in [-0.39, 0.29) is 0 Å². The molecular formula is C22H28N4O. The zero-order valence-corrected chi connectivity index (χ0v) is 16.0. The van der Waals surface area contributed by atoms with Crippen LogP contribution in [0.5, 0.6) is 0 Å². The lowest BCUT2D eigenvalue weighted by atomic mass is 9.89. The molecule has 2 aromatic rings. The summed E-state index contributed by atoms with van der Waals surface area (Å²) in [5.41, 5.74) is 3.79. The highest BCUT2D eigenvalue weighted by molar-refractivity contribution is 5.53. The Kier molecular flexibility index (Phi) is 4.17. The van der Waals surface area contributed by atoms with Gasteiger partial charge in [-0.2, -0.15) is 0 Å². The van der Waals surface area contributed by atoms with Crippen LogP contribution in [0, 0.1) is 6.92 Å². The minimum atomic E-state index is -0.803. The Bertz CT molecular complexity index is 861. The predicted molar refractivity (Wildman–Crippen MR) is 106 cm³/mol.